The number of hydrogen-bond acceptors (Lipinski definition) is 3. The maximum Gasteiger partial charge on any atom is 0.129 e. The molecule has 0 aliphatic rings. The van der Waals surface area contributed by atoms with E-state index in [2.05, 4.69) is 15.9 Å². The van der Waals surface area contributed by atoms with Gasteiger partial charge in [-0.3, -0.25) is 0 Å². The Hall–Kier alpha value is -1.47. The maximum atomic E-state index is 8.75. The first kappa shape index (κ1) is 11.6. The van der Waals surface area contributed by atoms with Crippen LogP contribution in [0.4, 0.5) is 0 Å². The number of methoxy groups -OCH3 is 1. The zero-order valence-electron chi connectivity index (χ0n) is 8.54. The number of rotatable bonds is 2. The van der Waals surface area contributed by atoms with Crippen molar-refractivity contribution in [2.75, 3.05) is 7.11 Å². The van der Waals surface area contributed by atoms with Crippen molar-refractivity contribution < 1.29 is 4.74 Å². The molecule has 0 bridgehead atoms. The third kappa shape index (κ3) is 2.51. The normalized spacial score (nSPS) is 11.6. The van der Waals surface area contributed by atoms with Crippen LogP contribution in [0.3, 0.4) is 0 Å². The Balaban J connectivity index is 3.33. The van der Waals surface area contributed by atoms with E-state index in [1.54, 1.807) is 14.0 Å². The molecule has 78 valence electrons. The summed E-state index contributed by atoms with van der Waals surface area (Å²) in [6, 6.07) is 7.50. The molecular formula is C11H11BrN2O. The van der Waals surface area contributed by atoms with Gasteiger partial charge in [-0.2, -0.15) is 5.26 Å². The van der Waals surface area contributed by atoms with Crippen molar-refractivity contribution in [1.29, 1.82) is 5.26 Å². The monoisotopic (exact) mass is 266 g/mol. The van der Waals surface area contributed by atoms with Gasteiger partial charge in [-0.05, 0) is 25.1 Å². The summed E-state index contributed by atoms with van der Waals surface area (Å²) in [5, 5.41) is 8.75. The second-order valence-electron chi connectivity index (χ2n) is 3.00. The number of halogens is 1. The summed E-state index contributed by atoms with van der Waals surface area (Å²) in [7, 11) is 1.57. The van der Waals surface area contributed by atoms with Crippen molar-refractivity contribution in [3.63, 3.8) is 0 Å². The Morgan fingerprint density at radius 1 is 1.53 bits per heavy atom. The fraction of sp³-hybridized carbons (Fsp3) is 0.182. The van der Waals surface area contributed by atoms with Crippen LogP contribution in [0, 0.1) is 11.3 Å². The second-order valence-corrected chi connectivity index (χ2v) is 3.91. The summed E-state index contributed by atoms with van der Waals surface area (Å²) in [5.41, 5.74) is 7.50. The number of hydrogen-bond donors (Lipinski definition) is 1. The van der Waals surface area contributed by atoms with Crippen LogP contribution in [-0.2, 0) is 0 Å². The number of allylic oxidation sites excluding steroid dienone is 1. The minimum absolute atomic E-state index is 0.446. The van der Waals surface area contributed by atoms with Gasteiger partial charge in [0.2, 0.25) is 0 Å². The second kappa shape index (κ2) is 4.85. The van der Waals surface area contributed by atoms with Crippen LogP contribution in [0.15, 0.2) is 28.2 Å². The zero-order valence-corrected chi connectivity index (χ0v) is 10.1. The lowest BCUT2D eigenvalue weighted by Crippen LogP contribution is -2.01. The molecule has 15 heavy (non-hydrogen) atoms. The van der Waals surface area contributed by atoms with Crippen LogP contribution in [0.1, 0.15) is 12.5 Å². The molecule has 0 saturated heterocycles. The first-order valence-corrected chi connectivity index (χ1v) is 5.09. The highest BCUT2D eigenvalue weighted by molar-refractivity contribution is 9.10. The summed E-state index contributed by atoms with van der Waals surface area (Å²) in [4.78, 5) is 0. The molecule has 0 fully saturated rings. The van der Waals surface area contributed by atoms with E-state index < -0.39 is 0 Å². The molecule has 0 aliphatic carbocycles. The Morgan fingerprint density at radius 3 is 2.73 bits per heavy atom. The van der Waals surface area contributed by atoms with Crippen LogP contribution in [-0.4, -0.2) is 7.11 Å². The van der Waals surface area contributed by atoms with Crippen LogP contribution in [0.5, 0.6) is 5.75 Å². The molecule has 0 aliphatic heterocycles. The van der Waals surface area contributed by atoms with Gasteiger partial charge in [0.25, 0.3) is 0 Å². The smallest absolute Gasteiger partial charge is 0.129 e. The lowest BCUT2D eigenvalue weighted by atomic mass is 10.1. The van der Waals surface area contributed by atoms with Gasteiger partial charge in [-0.15, -0.1) is 0 Å². The van der Waals surface area contributed by atoms with Gasteiger partial charge in [0.1, 0.15) is 5.75 Å². The molecule has 0 spiro atoms. The van der Waals surface area contributed by atoms with Gasteiger partial charge in [0.15, 0.2) is 0 Å². The highest BCUT2D eigenvalue weighted by atomic mass is 79.9. The van der Waals surface area contributed by atoms with Crippen molar-refractivity contribution in [2.24, 2.45) is 5.73 Å². The van der Waals surface area contributed by atoms with Gasteiger partial charge in [-0.25, -0.2) is 0 Å². The van der Waals surface area contributed by atoms with Crippen molar-refractivity contribution >= 4 is 21.6 Å². The topological polar surface area (TPSA) is 59.0 Å². The third-order valence-electron chi connectivity index (χ3n) is 2.03. The standard InChI is InChI=1S/C11H11BrN2O/c1-7(6-13)11(14)9-4-3-8(12)5-10(9)15-2/h3-5H,14H2,1-2H3/b11-7+. The van der Waals surface area contributed by atoms with Crippen molar-refractivity contribution in [2.45, 2.75) is 6.92 Å². The van der Waals surface area contributed by atoms with E-state index in [-0.39, 0.29) is 0 Å². The number of nitrogens with zero attached hydrogens (tertiary/aromatic N) is 1. The molecule has 0 heterocycles. The fourth-order valence-corrected chi connectivity index (χ4v) is 1.49. The average Bonchev–Trinajstić information content (AvgIpc) is 2.26. The quantitative estimate of drug-likeness (QED) is 0.838. The summed E-state index contributed by atoms with van der Waals surface area (Å²) in [5.74, 6) is 0.650. The van der Waals surface area contributed by atoms with Crippen molar-refractivity contribution in [3.05, 3.63) is 33.8 Å². The molecule has 2 N–H and O–H groups in total. The van der Waals surface area contributed by atoms with E-state index in [1.807, 2.05) is 24.3 Å². The molecular weight excluding hydrogens is 256 g/mol. The molecule has 1 aromatic carbocycles. The molecule has 0 radical (unpaired) electrons. The van der Waals surface area contributed by atoms with E-state index in [0.717, 1.165) is 10.0 Å². The Labute approximate surface area is 97.3 Å². The van der Waals surface area contributed by atoms with Gasteiger partial charge in [-0.1, -0.05) is 15.9 Å². The lowest BCUT2D eigenvalue weighted by Gasteiger charge is -2.09. The minimum Gasteiger partial charge on any atom is -0.496 e. The first-order valence-electron chi connectivity index (χ1n) is 4.30. The number of nitrogens with two attached hydrogens (primary N) is 1. The Bertz CT molecular complexity index is 446. The van der Waals surface area contributed by atoms with E-state index in [9.17, 15) is 0 Å². The minimum atomic E-state index is 0.446. The van der Waals surface area contributed by atoms with Crippen LogP contribution < -0.4 is 10.5 Å². The molecule has 0 unspecified atom stereocenters. The number of ether oxygens (including phenoxy) is 1. The molecule has 0 atom stereocenters. The zero-order chi connectivity index (χ0) is 11.4. The lowest BCUT2D eigenvalue weighted by molar-refractivity contribution is 0.413. The van der Waals surface area contributed by atoms with E-state index in [0.29, 0.717) is 17.0 Å². The summed E-state index contributed by atoms with van der Waals surface area (Å²) in [6.45, 7) is 1.68. The number of benzene rings is 1. The first-order chi connectivity index (χ1) is 7.10. The maximum absolute atomic E-state index is 8.75. The van der Waals surface area contributed by atoms with Crippen LogP contribution in [0.2, 0.25) is 0 Å². The molecule has 3 nitrogen and oxygen atoms in total. The predicted octanol–water partition coefficient (Wildman–Crippen LogP) is 2.67. The summed E-state index contributed by atoms with van der Waals surface area (Å²) < 4.78 is 6.10. The molecule has 1 aromatic rings. The predicted molar refractivity (Wildman–Crippen MR) is 63.1 cm³/mol. The van der Waals surface area contributed by atoms with E-state index in [4.69, 9.17) is 15.7 Å². The molecule has 0 aromatic heterocycles. The highest BCUT2D eigenvalue weighted by Gasteiger charge is 2.08. The SMILES string of the molecule is COc1cc(Br)ccc1/C(N)=C(/C)C#N. The van der Waals surface area contributed by atoms with Crippen molar-refractivity contribution in [3.8, 4) is 11.8 Å². The fourth-order valence-electron chi connectivity index (χ4n) is 1.15. The third-order valence-corrected chi connectivity index (χ3v) is 2.52. The summed E-state index contributed by atoms with van der Waals surface area (Å²) >= 11 is 3.34. The summed E-state index contributed by atoms with van der Waals surface area (Å²) in [6.07, 6.45) is 0. The van der Waals surface area contributed by atoms with Gasteiger partial charge in [0, 0.05) is 10.0 Å². The largest absolute Gasteiger partial charge is 0.496 e. The Morgan fingerprint density at radius 2 is 2.20 bits per heavy atom. The molecule has 0 saturated carbocycles. The van der Waals surface area contributed by atoms with E-state index >= 15 is 0 Å². The van der Waals surface area contributed by atoms with Gasteiger partial charge >= 0.3 is 0 Å². The molecule has 4 heteroatoms. The number of nitriles is 1. The van der Waals surface area contributed by atoms with Gasteiger partial charge < -0.3 is 10.5 Å². The van der Waals surface area contributed by atoms with Gasteiger partial charge in [0.05, 0.1) is 24.4 Å². The molecule has 1 rings (SSSR count). The van der Waals surface area contributed by atoms with Crippen LogP contribution in [0.25, 0.3) is 5.70 Å². The van der Waals surface area contributed by atoms with E-state index in [1.165, 1.54) is 0 Å². The molecule has 0 amide bonds. The van der Waals surface area contributed by atoms with Crippen LogP contribution >= 0.6 is 15.9 Å². The Kier molecular flexibility index (Phi) is 3.75. The average molecular weight is 267 g/mol. The highest BCUT2D eigenvalue weighted by Crippen LogP contribution is 2.28. The van der Waals surface area contributed by atoms with Crippen molar-refractivity contribution in [1.82, 2.24) is 0 Å².